The van der Waals surface area contributed by atoms with Gasteiger partial charge < -0.3 is 20.9 Å². The molecule has 170 valence electrons. The summed E-state index contributed by atoms with van der Waals surface area (Å²) in [5.74, 6) is -0.209. The van der Waals surface area contributed by atoms with Gasteiger partial charge in [-0.1, -0.05) is 21.4 Å². The van der Waals surface area contributed by atoms with Gasteiger partial charge >= 0.3 is 0 Å². The molecule has 0 bridgehead atoms. The molecule has 4 aromatic rings. The van der Waals surface area contributed by atoms with E-state index in [0.717, 1.165) is 0 Å². The SMILES string of the molecule is O=C(NCc1cccc(F)c1)c1ccc(Nc2nc(NCC(F)(F)P)c3cc[nH]c3n2)cc1. The number of halogens is 3. The summed E-state index contributed by atoms with van der Waals surface area (Å²) in [5.41, 5.74) is -0.822. The van der Waals surface area contributed by atoms with Crippen LogP contribution in [0.3, 0.4) is 0 Å². The molecule has 0 saturated heterocycles. The molecule has 1 unspecified atom stereocenters. The molecule has 0 aliphatic carbocycles. The van der Waals surface area contributed by atoms with Crippen LogP contribution < -0.4 is 16.0 Å². The minimum Gasteiger partial charge on any atom is -0.363 e. The number of nitrogens with one attached hydrogen (secondary N) is 4. The number of nitrogens with zero attached hydrogens (tertiary/aromatic N) is 2. The van der Waals surface area contributed by atoms with E-state index >= 15 is 0 Å². The molecule has 0 aliphatic rings. The minimum absolute atomic E-state index is 0.197. The number of alkyl halides is 2. The molecule has 4 rings (SSSR count). The fraction of sp³-hybridized carbons (Fsp3) is 0.136. The molecule has 2 aromatic heterocycles. The fourth-order valence-electron chi connectivity index (χ4n) is 3.10. The van der Waals surface area contributed by atoms with Crippen LogP contribution in [0.1, 0.15) is 15.9 Å². The molecule has 1 amide bonds. The van der Waals surface area contributed by atoms with Crippen molar-refractivity contribution in [2.75, 3.05) is 17.2 Å². The highest BCUT2D eigenvalue weighted by Gasteiger charge is 2.22. The summed E-state index contributed by atoms with van der Waals surface area (Å²) in [5, 5.41) is 8.96. The largest absolute Gasteiger partial charge is 0.363 e. The lowest BCUT2D eigenvalue weighted by Crippen LogP contribution is -2.22. The minimum atomic E-state index is -2.98. The van der Waals surface area contributed by atoms with Gasteiger partial charge in [0.1, 0.15) is 17.3 Å². The second-order valence-electron chi connectivity index (χ2n) is 7.27. The monoisotopic (exact) mass is 472 g/mol. The van der Waals surface area contributed by atoms with E-state index in [1.165, 1.54) is 21.4 Å². The summed E-state index contributed by atoms with van der Waals surface area (Å²) in [6.45, 7) is -0.403. The molecular formula is C22H20F3N6OP. The zero-order chi connectivity index (χ0) is 23.4. The third kappa shape index (κ3) is 5.98. The van der Waals surface area contributed by atoms with Gasteiger partial charge in [-0.25, -0.2) is 13.2 Å². The Morgan fingerprint density at radius 1 is 1.09 bits per heavy atom. The second kappa shape index (κ2) is 9.46. The van der Waals surface area contributed by atoms with Crippen LogP contribution in [0.25, 0.3) is 11.0 Å². The Bertz CT molecular complexity index is 1270. The summed E-state index contributed by atoms with van der Waals surface area (Å²) < 4.78 is 39.7. The van der Waals surface area contributed by atoms with Crippen molar-refractivity contribution in [3.63, 3.8) is 0 Å². The van der Waals surface area contributed by atoms with Gasteiger partial charge in [0, 0.05) is 24.0 Å². The average molecular weight is 472 g/mol. The summed E-state index contributed by atoms with van der Waals surface area (Å²) >= 11 is 0. The maximum atomic E-state index is 13.3. The first kappa shape index (κ1) is 22.5. The lowest BCUT2D eigenvalue weighted by atomic mass is 10.1. The van der Waals surface area contributed by atoms with Crippen molar-refractivity contribution >= 4 is 43.6 Å². The molecule has 0 saturated carbocycles. The van der Waals surface area contributed by atoms with E-state index in [-0.39, 0.29) is 30.0 Å². The van der Waals surface area contributed by atoms with Crippen LogP contribution in [0.4, 0.5) is 30.6 Å². The molecule has 0 radical (unpaired) electrons. The summed E-state index contributed by atoms with van der Waals surface area (Å²) in [4.78, 5) is 23.9. The Hall–Kier alpha value is -3.65. The normalized spacial score (nSPS) is 11.4. The van der Waals surface area contributed by atoms with Crippen LogP contribution in [0.5, 0.6) is 0 Å². The highest BCUT2D eigenvalue weighted by atomic mass is 31.0. The van der Waals surface area contributed by atoms with E-state index in [4.69, 9.17) is 0 Å². The molecule has 0 spiro atoms. The van der Waals surface area contributed by atoms with Crippen molar-refractivity contribution in [3.05, 3.63) is 77.7 Å². The zero-order valence-electron chi connectivity index (χ0n) is 17.2. The highest BCUT2D eigenvalue weighted by molar-refractivity contribution is 7.18. The molecule has 2 aromatic carbocycles. The molecule has 11 heteroatoms. The Balaban J connectivity index is 1.43. The van der Waals surface area contributed by atoms with Gasteiger partial charge in [0.25, 0.3) is 11.6 Å². The van der Waals surface area contributed by atoms with Crippen molar-refractivity contribution in [1.82, 2.24) is 20.3 Å². The third-order valence-electron chi connectivity index (χ3n) is 4.65. The number of hydrogen-bond acceptors (Lipinski definition) is 5. The van der Waals surface area contributed by atoms with Crippen molar-refractivity contribution in [2.24, 2.45) is 0 Å². The number of benzene rings is 2. The van der Waals surface area contributed by atoms with Crippen molar-refractivity contribution in [1.29, 1.82) is 0 Å². The van der Waals surface area contributed by atoms with Crippen LogP contribution in [-0.4, -0.2) is 33.1 Å². The van der Waals surface area contributed by atoms with Gasteiger partial charge in [-0.05, 0) is 48.0 Å². The molecule has 0 aliphatic heterocycles. The number of anilines is 3. The number of aromatic nitrogens is 3. The van der Waals surface area contributed by atoms with Gasteiger partial charge in [0.15, 0.2) is 0 Å². The predicted octanol–water partition coefficient (Wildman–Crippen LogP) is 4.65. The zero-order valence-corrected chi connectivity index (χ0v) is 18.4. The van der Waals surface area contributed by atoms with Crippen LogP contribution in [0.2, 0.25) is 0 Å². The molecule has 2 heterocycles. The molecule has 1 atom stereocenters. The Morgan fingerprint density at radius 2 is 1.88 bits per heavy atom. The standard InChI is InChI=1S/C22H20F3N6OP/c23-15-3-1-2-13(10-15)11-27-20(32)14-4-6-16(7-5-14)29-21-30-18-17(8-9-26-18)19(31-21)28-12-22(24,25)33/h1-10H,11-12,33H2,(H,27,32)(H3,26,28,29,30,31). The van der Waals surface area contributed by atoms with Gasteiger partial charge in [0.05, 0.1) is 11.9 Å². The number of fused-ring (bicyclic) bond motifs is 1. The molecule has 0 fully saturated rings. The van der Waals surface area contributed by atoms with Crippen LogP contribution in [-0.2, 0) is 6.54 Å². The first-order valence-electron chi connectivity index (χ1n) is 9.92. The van der Waals surface area contributed by atoms with Crippen molar-refractivity contribution in [2.45, 2.75) is 12.2 Å². The third-order valence-corrected chi connectivity index (χ3v) is 4.86. The predicted molar refractivity (Wildman–Crippen MR) is 124 cm³/mol. The number of H-pyrrole nitrogens is 1. The molecular weight excluding hydrogens is 452 g/mol. The fourth-order valence-corrected chi connectivity index (χ4v) is 3.20. The number of hydrogen-bond donors (Lipinski definition) is 4. The van der Waals surface area contributed by atoms with Gasteiger partial charge in [-0.15, -0.1) is 0 Å². The molecule has 7 nitrogen and oxygen atoms in total. The van der Waals surface area contributed by atoms with E-state index in [2.05, 4.69) is 30.9 Å². The van der Waals surface area contributed by atoms with Crippen LogP contribution in [0, 0.1) is 5.82 Å². The highest BCUT2D eigenvalue weighted by Crippen LogP contribution is 2.26. The first-order valence-corrected chi connectivity index (χ1v) is 10.5. The topological polar surface area (TPSA) is 94.7 Å². The number of carbonyl (C=O) groups is 1. The number of amides is 1. The lowest BCUT2D eigenvalue weighted by molar-refractivity contribution is 0.0950. The first-order chi connectivity index (χ1) is 15.8. The Kier molecular flexibility index (Phi) is 6.46. The van der Waals surface area contributed by atoms with E-state index in [1.807, 2.05) is 0 Å². The van der Waals surface area contributed by atoms with Gasteiger partial charge in [-0.2, -0.15) is 9.97 Å². The number of rotatable bonds is 8. The average Bonchev–Trinajstić information content (AvgIpc) is 3.25. The summed E-state index contributed by atoms with van der Waals surface area (Å²) in [6, 6.07) is 14.3. The van der Waals surface area contributed by atoms with Crippen LogP contribution in [0.15, 0.2) is 60.8 Å². The lowest BCUT2D eigenvalue weighted by Gasteiger charge is -2.13. The second-order valence-corrected chi connectivity index (χ2v) is 8.11. The quantitative estimate of drug-likeness (QED) is 0.280. The maximum Gasteiger partial charge on any atom is 0.275 e. The van der Waals surface area contributed by atoms with E-state index in [9.17, 15) is 18.0 Å². The van der Waals surface area contributed by atoms with Gasteiger partial charge in [0.2, 0.25) is 5.95 Å². The number of carbonyl (C=O) groups excluding carboxylic acids is 1. The molecule has 4 N–H and O–H groups in total. The summed E-state index contributed by atoms with van der Waals surface area (Å²) in [7, 11) is 1.48. The van der Waals surface area contributed by atoms with Crippen LogP contribution >= 0.6 is 9.24 Å². The maximum absolute atomic E-state index is 13.3. The van der Waals surface area contributed by atoms with Gasteiger partial charge in [-0.3, -0.25) is 4.79 Å². The summed E-state index contributed by atoms with van der Waals surface area (Å²) in [6.07, 6.45) is 1.64. The smallest absolute Gasteiger partial charge is 0.275 e. The van der Waals surface area contributed by atoms with E-state index < -0.39 is 12.2 Å². The van der Waals surface area contributed by atoms with Crippen molar-refractivity contribution in [3.8, 4) is 0 Å². The molecule has 33 heavy (non-hydrogen) atoms. The number of aromatic amines is 1. The Labute approximate surface area is 189 Å². The van der Waals surface area contributed by atoms with Crippen molar-refractivity contribution < 1.29 is 18.0 Å². The Morgan fingerprint density at radius 3 is 2.61 bits per heavy atom. The van der Waals surface area contributed by atoms with E-state index in [1.54, 1.807) is 48.7 Å². The van der Waals surface area contributed by atoms with E-state index in [0.29, 0.717) is 27.8 Å².